The highest BCUT2D eigenvalue weighted by atomic mass is 32.2. The number of carbonyl (C=O) groups excluding carboxylic acids is 3. The lowest BCUT2D eigenvalue weighted by Crippen LogP contribution is -2.40. The molecule has 21 heavy (non-hydrogen) atoms. The van der Waals surface area contributed by atoms with E-state index in [-0.39, 0.29) is 16.5 Å². The van der Waals surface area contributed by atoms with E-state index in [0.29, 0.717) is 5.06 Å². The van der Waals surface area contributed by atoms with Gasteiger partial charge in [0.1, 0.15) is 5.25 Å². The predicted octanol–water partition coefficient (Wildman–Crippen LogP) is 2.52. The smallest absolute Gasteiger partial charge is 0.328 e. The van der Waals surface area contributed by atoms with E-state index in [4.69, 9.17) is 4.84 Å². The average Bonchev–Trinajstić information content (AvgIpc) is 2.64. The first-order valence-electron chi connectivity index (χ1n) is 6.49. The maximum absolute atomic E-state index is 12.2. The molecular formula is C15H17NO4S. The molecule has 6 heteroatoms. The summed E-state index contributed by atoms with van der Waals surface area (Å²) in [5, 5.41) is 0.0870. The summed E-state index contributed by atoms with van der Waals surface area (Å²) in [6, 6.07) is 6.41. The van der Waals surface area contributed by atoms with Crippen molar-refractivity contribution in [2.75, 3.05) is 6.26 Å². The van der Waals surface area contributed by atoms with Crippen molar-refractivity contribution in [1.82, 2.24) is 5.06 Å². The van der Waals surface area contributed by atoms with Crippen LogP contribution in [0.2, 0.25) is 0 Å². The molecule has 0 aliphatic carbocycles. The summed E-state index contributed by atoms with van der Waals surface area (Å²) in [5.74, 6) is -1.79. The van der Waals surface area contributed by atoms with E-state index >= 15 is 0 Å². The zero-order chi connectivity index (χ0) is 15.8. The van der Waals surface area contributed by atoms with Crippen LogP contribution in [0.15, 0.2) is 24.3 Å². The maximum atomic E-state index is 12.2. The van der Waals surface area contributed by atoms with E-state index in [9.17, 15) is 14.4 Å². The van der Waals surface area contributed by atoms with Gasteiger partial charge in [-0.2, -0.15) is 0 Å². The number of hydrogen-bond donors (Lipinski definition) is 0. The molecule has 2 amide bonds. The lowest BCUT2D eigenvalue weighted by atomic mass is 9.92. The summed E-state index contributed by atoms with van der Waals surface area (Å²) in [6.45, 7) is 5.70. The Labute approximate surface area is 127 Å². The molecule has 0 radical (unpaired) electrons. The first-order chi connectivity index (χ1) is 9.77. The first-order valence-corrected chi connectivity index (χ1v) is 7.78. The summed E-state index contributed by atoms with van der Waals surface area (Å²) in [4.78, 5) is 41.6. The van der Waals surface area contributed by atoms with Crippen molar-refractivity contribution in [2.45, 2.75) is 26.0 Å². The van der Waals surface area contributed by atoms with Crippen LogP contribution in [-0.2, 0) is 9.63 Å². The molecular weight excluding hydrogens is 290 g/mol. The van der Waals surface area contributed by atoms with E-state index in [1.165, 1.54) is 11.8 Å². The largest absolute Gasteiger partial charge is 0.346 e. The number of thioether (sulfide) groups is 1. The SMILES string of the molecule is CSC(C(=O)ON1C(=O)c2ccccc2C1=O)C(C)(C)C. The van der Waals surface area contributed by atoms with Gasteiger partial charge in [-0.1, -0.05) is 38.0 Å². The molecule has 0 N–H and O–H groups in total. The van der Waals surface area contributed by atoms with Crippen LogP contribution in [0.4, 0.5) is 0 Å². The molecule has 0 aromatic heterocycles. The number of rotatable bonds is 3. The number of fused-ring (bicyclic) bond motifs is 1. The van der Waals surface area contributed by atoms with E-state index in [0.717, 1.165) is 0 Å². The summed E-state index contributed by atoms with van der Waals surface area (Å²) >= 11 is 1.33. The van der Waals surface area contributed by atoms with Crippen molar-refractivity contribution < 1.29 is 19.2 Å². The van der Waals surface area contributed by atoms with Crippen LogP contribution in [0, 0.1) is 5.41 Å². The average molecular weight is 307 g/mol. The van der Waals surface area contributed by atoms with Gasteiger partial charge < -0.3 is 4.84 Å². The van der Waals surface area contributed by atoms with Crippen molar-refractivity contribution in [1.29, 1.82) is 0 Å². The van der Waals surface area contributed by atoms with Crippen LogP contribution in [-0.4, -0.2) is 34.4 Å². The van der Waals surface area contributed by atoms with Gasteiger partial charge in [0.15, 0.2) is 0 Å². The quantitative estimate of drug-likeness (QED) is 0.803. The lowest BCUT2D eigenvalue weighted by molar-refractivity contribution is -0.169. The maximum Gasteiger partial charge on any atom is 0.346 e. The lowest BCUT2D eigenvalue weighted by Gasteiger charge is -2.27. The van der Waals surface area contributed by atoms with Crippen LogP contribution in [0.25, 0.3) is 0 Å². The van der Waals surface area contributed by atoms with Crippen molar-refractivity contribution in [3.63, 3.8) is 0 Å². The number of amides is 2. The molecule has 1 aromatic carbocycles. The van der Waals surface area contributed by atoms with E-state index in [2.05, 4.69) is 0 Å². The minimum absolute atomic E-state index is 0.256. The predicted molar refractivity (Wildman–Crippen MR) is 79.8 cm³/mol. The molecule has 1 atom stereocenters. The third-order valence-corrected chi connectivity index (χ3v) is 4.55. The summed E-state index contributed by atoms with van der Waals surface area (Å²) in [6.07, 6.45) is 1.79. The molecule has 0 fully saturated rings. The Bertz CT molecular complexity index is 571. The molecule has 1 aliphatic heterocycles. The van der Waals surface area contributed by atoms with Crippen LogP contribution in [0.5, 0.6) is 0 Å². The zero-order valence-corrected chi connectivity index (χ0v) is 13.2. The van der Waals surface area contributed by atoms with Gasteiger partial charge in [0.05, 0.1) is 11.1 Å². The second-order valence-corrected chi connectivity index (χ2v) is 6.79. The summed E-state index contributed by atoms with van der Waals surface area (Å²) < 4.78 is 0. The zero-order valence-electron chi connectivity index (χ0n) is 12.4. The van der Waals surface area contributed by atoms with Crippen molar-refractivity contribution in [3.8, 4) is 0 Å². The second kappa shape index (κ2) is 5.52. The minimum Gasteiger partial charge on any atom is -0.328 e. The van der Waals surface area contributed by atoms with Gasteiger partial charge in [-0.25, -0.2) is 4.79 Å². The molecule has 1 heterocycles. The highest BCUT2D eigenvalue weighted by Gasteiger charge is 2.41. The van der Waals surface area contributed by atoms with Gasteiger partial charge in [-0.05, 0) is 23.8 Å². The molecule has 0 saturated heterocycles. The highest BCUT2D eigenvalue weighted by molar-refractivity contribution is 7.99. The van der Waals surface area contributed by atoms with Gasteiger partial charge >= 0.3 is 5.97 Å². The number of imide groups is 1. The fourth-order valence-corrected chi connectivity index (χ4v) is 3.13. The summed E-state index contributed by atoms with van der Waals surface area (Å²) in [5.41, 5.74) is 0.174. The molecule has 1 aromatic rings. The molecule has 2 rings (SSSR count). The summed E-state index contributed by atoms with van der Waals surface area (Å²) in [7, 11) is 0. The molecule has 112 valence electrons. The van der Waals surface area contributed by atoms with Gasteiger partial charge in [0.2, 0.25) is 0 Å². The Morgan fingerprint density at radius 1 is 1.14 bits per heavy atom. The van der Waals surface area contributed by atoms with Crippen molar-refractivity contribution in [2.24, 2.45) is 5.41 Å². The Kier molecular flexibility index (Phi) is 4.09. The van der Waals surface area contributed by atoms with Gasteiger partial charge in [-0.3, -0.25) is 9.59 Å². The van der Waals surface area contributed by atoms with Crippen LogP contribution >= 0.6 is 11.8 Å². The Hall–Kier alpha value is -1.82. The Morgan fingerprint density at radius 3 is 2.00 bits per heavy atom. The molecule has 1 unspecified atom stereocenters. The van der Waals surface area contributed by atoms with E-state index in [1.807, 2.05) is 20.8 Å². The number of hydroxylamine groups is 2. The fraction of sp³-hybridized carbons (Fsp3) is 0.400. The van der Waals surface area contributed by atoms with E-state index in [1.54, 1.807) is 30.5 Å². The number of nitrogens with zero attached hydrogens (tertiary/aromatic N) is 1. The molecule has 1 aliphatic rings. The number of carbonyl (C=O) groups is 3. The third-order valence-electron chi connectivity index (χ3n) is 3.17. The minimum atomic E-state index is -0.599. The molecule has 0 saturated carbocycles. The first kappa shape index (κ1) is 15.6. The monoisotopic (exact) mass is 307 g/mol. The highest BCUT2D eigenvalue weighted by Crippen LogP contribution is 2.31. The Balaban J connectivity index is 2.21. The number of hydrogen-bond acceptors (Lipinski definition) is 5. The number of benzene rings is 1. The van der Waals surface area contributed by atoms with Crippen LogP contribution in [0.1, 0.15) is 41.5 Å². The van der Waals surface area contributed by atoms with Gasteiger partial charge in [0, 0.05) is 0 Å². The van der Waals surface area contributed by atoms with E-state index < -0.39 is 23.0 Å². The van der Waals surface area contributed by atoms with Gasteiger partial charge in [0.25, 0.3) is 11.8 Å². The van der Waals surface area contributed by atoms with Crippen molar-refractivity contribution in [3.05, 3.63) is 35.4 Å². The molecule has 0 bridgehead atoms. The molecule has 0 spiro atoms. The van der Waals surface area contributed by atoms with Crippen LogP contribution in [0.3, 0.4) is 0 Å². The third kappa shape index (κ3) is 2.81. The Morgan fingerprint density at radius 2 is 1.62 bits per heavy atom. The fourth-order valence-electron chi connectivity index (χ4n) is 2.19. The second-order valence-electron chi connectivity index (χ2n) is 5.84. The normalized spacial score (nSPS) is 15.9. The van der Waals surface area contributed by atoms with Crippen LogP contribution < -0.4 is 0 Å². The van der Waals surface area contributed by atoms with Crippen molar-refractivity contribution >= 4 is 29.5 Å². The topological polar surface area (TPSA) is 63.7 Å². The molecule has 5 nitrogen and oxygen atoms in total. The van der Waals surface area contributed by atoms with Gasteiger partial charge in [-0.15, -0.1) is 11.8 Å². The standard InChI is InChI=1S/C15H17NO4S/c1-15(2,3)11(21-4)14(19)20-16-12(17)9-7-5-6-8-10(9)13(16)18/h5-8,11H,1-4H3.